The standard InChI is InChI=1S/C21H18FNO2/c1-16(24)23(15-17-8-4-2-5-9-17)20-14-18(22)12-13-21(20)25-19-10-6-3-7-11-19/h2-14H,15H2,1H3. The monoisotopic (exact) mass is 335 g/mol. The molecule has 0 aromatic heterocycles. The van der Waals surface area contributed by atoms with Gasteiger partial charge in [0.1, 0.15) is 11.6 Å². The minimum Gasteiger partial charge on any atom is -0.455 e. The van der Waals surface area contributed by atoms with Crippen molar-refractivity contribution >= 4 is 11.6 Å². The summed E-state index contributed by atoms with van der Waals surface area (Å²) in [7, 11) is 0. The van der Waals surface area contributed by atoms with Crippen LogP contribution in [0.2, 0.25) is 0 Å². The Morgan fingerprint density at radius 1 is 0.960 bits per heavy atom. The molecule has 4 heteroatoms. The van der Waals surface area contributed by atoms with Crippen LogP contribution in [0.3, 0.4) is 0 Å². The second-order valence-corrected chi connectivity index (χ2v) is 5.62. The molecule has 0 aliphatic rings. The van der Waals surface area contributed by atoms with Crippen LogP contribution in [0.5, 0.6) is 11.5 Å². The number of amides is 1. The van der Waals surface area contributed by atoms with E-state index in [1.165, 1.54) is 24.0 Å². The number of ether oxygens (including phenoxy) is 1. The predicted octanol–water partition coefficient (Wildman–Crippen LogP) is 5.17. The van der Waals surface area contributed by atoms with Crippen molar-refractivity contribution in [3.05, 3.63) is 90.2 Å². The summed E-state index contributed by atoms with van der Waals surface area (Å²) in [6, 6.07) is 23.0. The van der Waals surface area contributed by atoms with E-state index < -0.39 is 5.82 Å². The number of rotatable bonds is 5. The lowest BCUT2D eigenvalue weighted by atomic mass is 10.2. The molecule has 0 atom stereocenters. The summed E-state index contributed by atoms with van der Waals surface area (Å²) >= 11 is 0. The highest BCUT2D eigenvalue weighted by Gasteiger charge is 2.18. The number of anilines is 1. The first-order valence-corrected chi connectivity index (χ1v) is 7.98. The lowest BCUT2D eigenvalue weighted by Crippen LogP contribution is -2.28. The summed E-state index contributed by atoms with van der Waals surface area (Å²) in [5, 5.41) is 0. The van der Waals surface area contributed by atoms with Crippen LogP contribution < -0.4 is 9.64 Å². The summed E-state index contributed by atoms with van der Waals surface area (Å²) < 4.78 is 19.7. The van der Waals surface area contributed by atoms with Gasteiger partial charge in [-0.15, -0.1) is 0 Å². The Balaban J connectivity index is 1.97. The van der Waals surface area contributed by atoms with Gasteiger partial charge in [0, 0.05) is 13.0 Å². The fourth-order valence-electron chi connectivity index (χ4n) is 2.54. The molecule has 0 heterocycles. The third kappa shape index (κ3) is 4.23. The third-order valence-electron chi connectivity index (χ3n) is 3.75. The highest BCUT2D eigenvalue weighted by atomic mass is 19.1. The SMILES string of the molecule is CC(=O)N(Cc1ccccc1)c1cc(F)ccc1Oc1ccccc1. The zero-order valence-electron chi connectivity index (χ0n) is 13.9. The number of carbonyl (C=O) groups excluding carboxylic acids is 1. The van der Waals surface area contributed by atoms with E-state index in [0.717, 1.165) is 5.56 Å². The van der Waals surface area contributed by atoms with E-state index in [-0.39, 0.29) is 5.91 Å². The molecule has 1 amide bonds. The van der Waals surface area contributed by atoms with E-state index >= 15 is 0 Å². The van der Waals surface area contributed by atoms with Gasteiger partial charge >= 0.3 is 0 Å². The third-order valence-corrected chi connectivity index (χ3v) is 3.75. The van der Waals surface area contributed by atoms with Gasteiger partial charge in [0.25, 0.3) is 0 Å². The predicted molar refractivity (Wildman–Crippen MR) is 96.2 cm³/mol. The maximum absolute atomic E-state index is 13.9. The van der Waals surface area contributed by atoms with Gasteiger partial charge in [-0.2, -0.15) is 0 Å². The summed E-state index contributed by atoms with van der Waals surface area (Å²) in [6.45, 7) is 1.80. The first-order valence-electron chi connectivity index (χ1n) is 7.98. The molecule has 25 heavy (non-hydrogen) atoms. The molecule has 0 aliphatic carbocycles. The Morgan fingerprint density at radius 2 is 1.60 bits per heavy atom. The summed E-state index contributed by atoms with van der Waals surface area (Å²) in [5.74, 6) is 0.444. The van der Waals surface area contributed by atoms with Crippen LogP contribution in [0.25, 0.3) is 0 Å². The molecule has 3 aromatic rings. The molecule has 0 fully saturated rings. The van der Waals surface area contributed by atoms with Crippen molar-refractivity contribution < 1.29 is 13.9 Å². The molecule has 3 aromatic carbocycles. The van der Waals surface area contributed by atoms with Crippen molar-refractivity contribution in [1.82, 2.24) is 0 Å². The van der Waals surface area contributed by atoms with Gasteiger partial charge in [0.05, 0.1) is 12.2 Å². The Labute approximate surface area is 146 Å². The van der Waals surface area contributed by atoms with Gasteiger partial charge in [-0.1, -0.05) is 48.5 Å². The fourth-order valence-corrected chi connectivity index (χ4v) is 2.54. The second-order valence-electron chi connectivity index (χ2n) is 5.62. The van der Waals surface area contributed by atoms with Gasteiger partial charge in [0.15, 0.2) is 5.75 Å². The average molecular weight is 335 g/mol. The molecule has 0 saturated carbocycles. The zero-order valence-corrected chi connectivity index (χ0v) is 13.9. The first kappa shape index (κ1) is 16.7. The highest BCUT2D eigenvalue weighted by Crippen LogP contribution is 2.34. The summed E-state index contributed by atoms with van der Waals surface area (Å²) in [4.78, 5) is 13.7. The number of para-hydroxylation sites is 1. The van der Waals surface area contributed by atoms with Crippen LogP contribution in [-0.4, -0.2) is 5.91 Å². The smallest absolute Gasteiger partial charge is 0.224 e. The molecular weight excluding hydrogens is 317 g/mol. The van der Waals surface area contributed by atoms with Gasteiger partial charge in [0.2, 0.25) is 5.91 Å². The molecule has 0 radical (unpaired) electrons. The van der Waals surface area contributed by atoms with E-state index in [4.69, 9.17) is 4.74 Å². The maximum Gasteiger partial charge on any atom is 0.224 e. The highest BCUT2D eigenvalue weighted by molar-refractivity contribution is 5.93. The van der Waals surface area contributed by atoms with Crippen LogP contribution in [0, 0.1) is 5.82 Å². The minimum absolute atomic E-state index is 0.188. The van der Waals surface area contributed by atoms with Crippen LogP contribution in [-0.2, 0) is 11.3 Å². The van der Waals surface area contributed by atoms with Crippen molar-refractivity contribution in [2.24, 2.45) is 0 Å². The minimum atomic E-state index is -0.422. The van der Waals surface area contributed by atoms with Crippen molar-refractivity contribution in [1.29, 1.82) is 0 Å². The van der Waals surface area contributed by atoms with E-state index in [9.17, 15) is 9.18 Å². The van der Waals surface area contributed by atoms with Gasteiger partial charge in [-0.3, -0.25) is 4.79 Å². The van der Waals surface area contributed by atoms with Gasteiger partial charge in [-0.25, -0.2) is 4.39 Å². The number of carbonyl (C=O) groups is 1. The molecule has 126 valence electrons. The van der Waals surface area contributed by atoms with Crippen molar-refractivity contribution in [2.75, 3.05) is 4.90 Å². The molecule has 3 rings (SSSR count). The van der Waals surface area contributed by atoms with Crippen LogP contribution in [0.1, 0.15) is 12.5 Å². The molecule has 0 N–H and O–H groups in total. The number of hydrogen-bond acceptors (Lipinski definition) is 2. The van der Waals surface area contributed by atoms with Crippen molar-refractivity contribution in [3.63, 3.8) is 0 Å². The number of halogens is 1. The Morgan fingerprint density at radius 3 is 2.24 bits per heavy atom. The topological polar surface area (TPSA) is 29.5 Å². The number of nitrogens with zero attached hydrogens (tertiary/aromatic N) is 1. The Bertz CT molecular complexity index is 850. The Kier molecular flexibility index (Phi) is 5.09. The second kappa shape index (κ2) is 7.62. The fraction of sp³-hybridized carbons (Fsp3) is 0.0952. The molecular formula is C21H18FNO2. The summed E-state index contributed by atoms with van der Waals surface area (Å²) in [6.07, 6.45) is 0. The molecule has 0 aliphatic heterocycles. The number of benzene rings is 3. The van der Waals surface area contributed by atoms with Crippen LogP contribution in [0.15, 0.2) is 78.9 Å². The Hall–Kier alpha value is -3.14. The normalized spacial score (nSPS) is 10.3. The van der Waals surface area contributed by atoms with Crippen LogP contribution >= 0.6 is 0 Å². The molecule has 0 spiro atoms. The lowest BCUT2D eigenvalue weighted by molar-refractivity contribution is -0.116. The van der Waals surface area contributed by atoms with E-state index in [1.54, 1.807) is 6.07 Å². The number of hydrogen-bond donors (Lipinski definition) is 0. The first-order chi connectivity index (χ1) is 12.1. The van der Waals surface area contributed by atoms with Crippen molar-refractivity contribution in [3.8, 4) is 11.5 Å². The van der Waals surface area contributed by atoms with Gasteiger partial charge < -0.3 is 9.64 Å². The van der Waals surface area contributed by atoms with Gasteiger partial charge in [-0.05, 0) is 29.8 Å². The quantitative estimate of drug-likeness (QED) is 0.644. The lowest BCUT2D eigenvalue weighted by Gasteiger charge is -2.24. The van der Waals surface area contributed by atoms with Crippen LogP contribution in [0.4, 0.5) is 10.1 Å². The molecule has 3 nitrogen and oxygen atoms in total. The zero-order chi connectivity index (χ0) is 17.6. The van der Waals surface area contributed by atoms with Crippen molar-refractivity contribution in [2.45, 2.75) is 13.5 Å². The summed E-state index contributed by atoms with van der Waals surface area (Å²) in [5.41, 5.74) is 1.35. The molecule has 0 unspecified atom stereocenters. The maximum atomic E-state index is 13.9. The molecule has 0 bridgehead atoms. The molecule has 0 saturated heterocycles. The largest absolute Gasteiger partial charge is 0.455 e. The van der Waals surface area contributed by atoms with E-state index in [0.29, 0.717) is 23.7 Å². The average Bonchev–Trinajstić information content (AvgIpc) is 2.63. The van der Waals surface area contributed by atoms with E-state index in [1.807, 2.05) is 60.7 Å². The van der Waals surface area contributed by atoms with E-state index in [2.05, 4.69) is 0 Å².